The summed E-state index contributed by atoms with van der Waals surface area (Å²) in [6.07, 6.45) is 5.88. The third-order valence-corrected chi connectivity index (χ3v) is 3.31. The number of rotatable bonds is 9. The van der Waals surface area contributed by atoms with Gasteiger partial charge in [-0.2, -0.15) is 0 Å². The molecule has 0 unspecified atom stereocenters. The first-order chi connectivity index (χ1) is 8.37. The Kier molecular flexibility index (Phi) is 7.64. The van der Waals surface area contributed by atoms with Gasteiger partial charge in [0.15, 0.2) is 0 Å². The van der Waals surface area contributed by atoms with Crippen molar-refractivity contribution in [2.45, 2.75) is 71.8 Å². The van der Waals surface area contributed by atoms with E-state index in [2.05, 4.69) is 6.92 Å². The highest BCUT2D eigenvalue weighted by Crippen LogP contribution is 2.17. The van der Waals surface area contributed by atoms with Crippen molar-refractivity contribution in [3.8, 4) is 0 Å². The minimum absolute atomic E-state index is 0.0543. The molecule has 0 fully saturated rings. The molecule has 0 atom stereocenters. The van der Waals surface area contributed by atoms with Gasteiger partial charge >= 0.3 is 5.97 Å². The minimum atomic E-state index is -1.12. The van der Waals surface area contributed by atoms with Gasteiger partial charge < -0.3 is 10.0 Å². The van der Waals surface area contributed by atoms with Crippen LogP contribution in [0.15, 0.2) is 0 Å². The van der Waals surface area contributed by atoms with E-state index in [0.717, 1.165) is 19.3 Å². The van der Waals surface area contributed by atoms with E-state index in [9.17, 15) is 9.59 Å². The van der Waals surface area contributed by atoms with E-state index in [4.69, 9.17) is 5.11 Å². The summed E-state index contributed by atoms with van der Waals surface area (Å²) in [4.78, 5) is 24.6. The Balaban J connectivity index is 4.24. The van der Waals surface area contributed by atoms with Crippen LogP contribution >= 0.6 is 0 Å². The highest BCUT2D eigenvalue weighted by molar-refractivity contribution is 5.86. The number of aliphatic carboxylic acids is 1. The van der Waals surface area contributed by atoms with E-state index in [1.807, 2.05) is 6.92 Å². The maximum atomic E-state index is 12.0. The molecule has 0 saturated heterocycles. The number of carbonyl (C=O) groups excluding carboxylic acids is 1. The second kappa shape index (κ2) is 8.11. The van der Waals surface area contributed by atoms with Gasteiger partial charge in [-0.05, 0) is 27.2 Å². The Labute approximate surface area is 110 Å². The number of carboxylic acid groups (broad SMARTS) is 1. The lowest BCUT2D eigenvalue weighted by atomic mass is 10.0. The summed E-state index contributed by atoms with van der Waals surface area (Å²) in [6.45, 7) is 7.56. The third kappa shape index (κ3) is 5.07. The zero-order valence-corrected chi connectivity index (χ0v) is 12.2. The molecule has 106 valence electrons. The lowest BCUT2D eigenvalue weighted by molar-refractivity contribution is -0.156. The SMILES string of the molecule is CCCCCCCC(=O)N(CC)C(C)(C)C(=O)O. The van der Waals surface area contributed by atoms with Gasteiger partial charge in [-0.15, -0.1) is 0 Å². The Morgan fingerprint density at radius 1 is 1.06 bits per heavy atom. The molecule has 0 bridgehead atoms. The van der Waals surface area contributed by atoms with Gasteiger partial charge in [-0.3, -0.25) is 4.79 Å². The van der Waals surface area contributed by atoms with Gasteiger partial charge in [-0.25, -0.2) is 4.79 Å². The summed E-state index contributed by atoms with van der Waals surface area (Å²) in [5, 5.41) is 9.14. The third-order valence-electron chi connectivity index (χ3n) is 3.31. The number of amides is 1. The van der Waals surface area contributed by atoms with E-state index in [1.165, 1.54) is 17.7 Å². The largest absolute Gasteiger partial charge is 0.480 e. The highest BCUT2D eigenvalue weighted by atomic mass is 16.4. The van der Waals surface area contributed by atoms with Crippen LogP contribution in [0.2, 0.25) is 0 Å². The van der Waals surface area contributed by atoms with Crippen molar-refractivity contribution in [1.82, 2.24) is 4.90 Å². The molecule has 0 heterocycles. The Bertz CT molecular complexity index is 274. The molecule has 0 aromatic carbocycles. The fourth-order valence-corrected chi connectivity index (χ4v) is 2.01. The molecule has 0 aliphatic heterocycles. The highest BCUT2D eigenvalue weighted by Gasteiger charge is 2.36. The van der Waals surface area contributed by atoms with E-state index in [1.54, 1.807) is 13.8 Å². The van der Waals surface area contributed by atoms with Crippen molar-refractivity contribution < 1.29 is 14.7 Å². The number of unbranched alkanes of at least 4 members (excludes halogenated alkanes) is 4. The molecule has 4 heteroatoms. The van der Waals surface area contributed by atoms with Gasteiger partial charge in [0, 0.05) is 13.0 Å². The molecule has 0 aromatic rings. The summed E-state index contributed by atoms with van der Waals surface area (Å²) in [5.41, 5.74) is -1.12. The van der Waals surface area contributed by atoms with E-state index < -0.39 is 11.5 Å². The Hall–Kier alpha value is -1.06. The molecular weight excluding hydrogens is 230 g/mol. The Morgan fingerprint density at radius 3 is 2.06 bits per heavy atom. The Morgan fingerprint density at radius 2 is 1.61 bits per heavy atom. The van der Waals surface area contributed by atoms with Crippen LogP contribution in [0.5, 0.6) is 0 Å². The van der Waals surface area contributed by atoms with Crippen LogP contribution in [0.25, 0.3) is 0 Å². The standard InChI is InChI=1S/C14H27NO3/c1-5-7-8-9-10-11-12(16)15(6-2)14(3,4)13(17)18/h5-11H2,1-4H3,(H,17,18). The van der Waals surface area contributed by atoms with Crippen LogP contribution in [0.1, 0.15) is 66.2 Å². The smallest absolute Gasteiger partial charge is 0.329 e. The zero-order valence-electron chi connectivity index (χ0n) is 12.2. The molecule has 1 amide bonds. The topological polar surface area (TPSA) is 57.6 Å². The van der Waals surface area contributed by atoms with Gasteiger partial charge in [0.05, 0.1) is 0 Å². The number of hydrogen-bond donors (Lipinski definition) is 1. The van der Waals surface area contributed by atoms with Crippen LogP contribution in [0.4, 0.5) is 0 Å². The van der Waals surface area contributed by atoms with Gasteiger partial charge in [-0.1, -0.05) is 32.6 Å². The zero-order chi connectivity index (χ0) is 14.2. The second-order valence-electron chi connectivity index (χ2n) is 5.17. The maximum Gasteiger partial charge on any atom is 0.329 e. The van der Waals surface area contributed by atoms with E-state index >= 15 is 0 Å². The number of nitrogens with zero attached hydrogens (tertiary/aromatic N) is 1. The second-order valence-corrected chi connectivity index (χ2v) is 5.17. The van der Waals surface area contributed by atoms with Crippen LogP contribution in [0, 0.1) is 0 Å². The van der Waals surface area contributed by atoms with Crippen LogP contribution in [-0.4, -0.2) is 34.0 Å². The molecule has 0 radical (unpaired) electrons. The predicted molar refractivity (Wildman–Crippen MR) is 72.5 cm³/mol. The first-order valence-electron chi connectivity index (χ1n) is 6.91. The van der Waals surface area contributed by atoms with Crippen LogP contribution < -0.4 is 0 Å². The fraction of sp³-hybridized carbons (Fsp3) is 0.857. The molecule has 4 nitrogen and oxygen atoms in total. The van der Waals surface area contributed by atoms with Crippen molar-refractivity contribution in [3.05, 3.63) is 0 Å². The summed E-state index contributed by atoms with van der Waals surface area (Å²) < 4.78 is 0. The lowest BCUT2D eigenvalue weighted by Gasteiger charge is -2.34. The normalized spacial score (nSPS) is 11.3. The summed E-state index contributed by atoms with van der Waals surface area (Å²) in [7, 11) is 0. The predicted octanol–water partition coefficient (Wildman–Crippen LogP) is 3.06. The molecule has 0 aromatic heterocycles. The number of carboxylic acids is 1. The molecular formula is C14H27NO3. The van der Waals surface area contributed by atoms with Crippen molar-refractivity contribution in [3.63, 3.8) is 0 Å². The molecule has 0 saturated carbocycles. The molecule has 1 N–H and O–H groups in total. The van der Waals surface area contributed by atoms with Crippen molar-refractivity contribution in [2.75, 3.05) is 6.54 Å². The van der Waals surface area contributed by atoms with Crippen LogP contribution in [0.3, 0.4) is 0 Å². The van der Waals surface area contributed by atoms with Gasteiger partial charge in [0.1, 0.15) is 5.54 Å². The van der Waals surface area contributed by atoms with Gasteiger partial charge in [0.2, 0.25) is 5.91 Å². The molecule has 0 rings (SSSR count). The van der Waals surface area contributed by atoms with Crippen molar-refractivity contribution in [1.29, 1.82) is 0 Å². The van der Waals surface area contributed by atoms with E-state index in [-0.39, 0.29) is 5.91 Å². The number of carbonyl (C=O) groups is 2. The maximum absolute atomic E-state index is 12.0. The van der Waals surface area contributed by atoms with Crippen LogP contribution in [-0.2, 0) is 9.59 Å². The average molecular weight is 257 g/mol. The molecule has 0 aliphatic rings. The quantitative estimate of drug-likeness (QED) is 0.646. The summed E-state index contributed by atoms with van der Waals surface area (Å²) in [6, 6.07) is 0. The molecule has 18 heavy (non-hydrogen) atoms. The van der Waals surface area contributed by atoms with Crippen molar-refractivity contribution in [2.24, 2.45) is 0 Å². The van der Waals surface area contributed by atoms with Crippen molar-refractivity contribution >= 4 is 11.9 Å². The average Bonchev–Trinajstić information content (AvgIpc) is 2.29. The summed E-state index contributed by atoms with van der Waals surface area (Å²) >= 11 is 0. The summed E-state index contributed by atoms with van der Waals surface area (Å²) in [5.74, 6) is -1.01. The number of likely N-dealkylation sites (N-methyl/N-ethyl adjacent to an activating group) is 1. The van der Waals surface area contributed by atoms with E-state index in [0.29, 0.717) is 13.0 Å². The molecule has 0 spiro atoms. The monoisotopic (exact) mass is 257 g/mol. The lowest BCUT2D eigenvalue weighted by Crippen LogP contribution is -2.52. The van der Waals surface area contributed by atoms with Gasteiger partial charge in [0.25, 0.3) is 0 Å². The first-order valence-corrected chi connectivity index (χ1v) is 6.91. The minimum Gasteiger partial charge on any atom is -0.480 e. The fourth-order valence-electron chi connectivity index (χ4n) is 2.01. The molecule has 0 aliphatic carbocycles. The first kappa shape index (κ1) is 16.9. The number of hydrogen-bond acceptors (Lipinski definition) is 2.